The minimum absolute atomic E-state index is 0.401. The van der Waals surface area contributed by atoms with Crippen molar-refractivity contribution in [3.05, 3.63) is 15.9 Å². The van der Waals surface area contributed by atoms with Crippen molar-refractivity contribution >= 4 is 27.9 Å². The van der Waals surface area contributed by atoms with Crippen LogP contribution in [0.15, 0.2) is 4.47 Å². The van der Waals surface area contributed by atoms with Gasteiger partial charge in [0.15, 0.2) is 0 Å². The van der Waals surface area contributed by atoms with E-state index in [1.165, 1.54) is 7.05 Å². The molecule has 17 heavy (non-hydrogen) atoms. The van der Waals surface area contributed by atoms with E-state index >= 15 is 0 Å². The summed E-state index contributed by atoms with van der Waals surface area (Å²) in [5.41, 5.74) is 1.66. The molecule has 1 heterocycles. The molecule has 2 N–H and O–H groups in total. The lowest BCUT2D eigenvalue weighted by molar-refractivity contribution is -0.123. The van der Waals surface area contributed by atoms with Gasteiger partial charge in [0.05, 0.1) is 15.9 Å². The van der Waals surface area contributed by atoms with E-state index in [0.29, 0.717) is 0 Å². The average molecular weight is 303 g/mol. The van der Waals surface area contributed by atoms with Crippen LogP contribution in [0, 0.1) is 13.8 Å². The Morgan fingerprint density at radius 3 is 2.41 bits per heavy atom. The van der Waals surface area contributed by atoms with Crippen LogP contribution in [0.2, 0.25) is 0 Å². The molecule has 1 atom stereocenters. The van der Waals surface area contributed by atoms with Gasteiger partial charge in [-0.1, -0.05) is 0 Å². The zero-order chi connectivity index (χ0) is 13.2. The standard InChI is InChI=1S/C10H15BrN4O2/c1-5-8(11)6(2)15(14-5)7(3)9(16)13-10(17)12-4/h7H,1-4H3,(H2,12,13,16,17). The maximum atomic E-state index is 11.7. The monoisotopic (exact) mass is 302 g/mol. The number of nitrogens with zero attached hydrogens (tertiary/aromatic N) is 2. The Hall–Kier alpha value is -1.37. The Morgan fingerprint density at radius 1 is 1.41 bits per heavy atom. The van der Waals surface area contributed by atoms with E-state index in [9.17, 15) is 9.59 Å². The number of imide groups is 1. The van der Waals surface area contributed by atoms with E-state index in [4.69, 9.17) is 0 Å². The molecule has 0 aromatic carbocycles. The summed E-state index contributed by atoms with van der Waals surface area (Å²) in [7, 11) is 1.45. The van der Waals surface area contributed by atoms with Gasteiger partial charge < -0.3 is 5.32 Å². The highest BCUT2D eigenvalue weighted by atomic mass is 79.9. The molecule has 6 nitrogen and oxygen atoms in total. The van der Waals surface area contributed by atoms with Gasteiger partial charge in [-0.3, -0.25) is 14.8 Å². The summed E-state index contributed by atoms with van der Waals surface area (Å²) >= 11 is 3.39. The molecule has 0 spiro atoms. The fraction of sp³-hybridized carbons (Fsp3) is 0.500. The Bertz CT molecular complexity index is 455. The maximum Gasteiger partial charge on any atom is 0.321 e. The second kappa shape index (κ2) is 5.31. The predicted molar refractivity (Wildman–Crippen MR) is 66.7 cm³/mol. The molecular formula is C10H15BrN4O2. The highest BCUT2D eigenvalue weighted by Crippen LogP contribution is 2.22. The zero-order valence-electron chi connectivity index (χ0n) is 10.2. The first-order chi connectivity index (χ1) is 7.88. The third kappa shape index (κ3) is 2.85. The summed E-state index contributed by atoms with van der Waals surface area (Å²) in [6.07, 6.45) is 0. The number of nitrogens with one attached hydrogen (secondary N) is 2. The fourth-order valence-electron chi connectivity index (χ4n) is 1.41. The molecule has 0 aliphatic rings. The first-order valence-corrected chi connectivity index (χ1v) is 5.91. The van der Waals surface area contributed by atoms with Crippen LogP contribution in [0.1, 0.15) is 24.4 Å². The second-order valence-electron chi connectivity index (χ2n) is 3.67. The van der Waals surface area contributed by atoms with Gasteiger partial charge in [0.1, 0.15) is 6.04 Å². The summed E-state index contributed by atoms with van der Waals surface area (Å²) in [5.74, 6) is -0.401. The quantitative estimate of drug-likeness (QED) is 0.864. The van der Waals surface area contributed by atoms with E-state index in [1.807, 2.05) is 13.8 Å². The third-order valence-electron chi connectivity index (χ3n) is 2.45. The Kier molecular flexibility index (Phi) is 4.28. The lowest BCUT2D eigenvalue weighted by Crippen LogP contribution is -2.41. The van der Waals surface area contributed by atoms with Crippen LogP contribution in [0.25, 0.3) is 0 Å². The summed E-state index contributed by atoms with van der Waals surface area (Å²) in [6.45, 7) is 5.38. The molecule has 0 saturated heterocycles. The normalized spacial score (nSPS) is 12.1. The number of urea groups is 1. The summed E-state index contributed by atoms with van der Waals surface area (Å²) in [5, 5.41) is 8.78. The molecule has 0 fully saturated rings. The highest BCUT2D eigenvalue weighted by Gasteiger charge is 2.21. The number of hydrogen-bond acceptors (Lipinski definition) is 3. The molecule has 0 aliphatic heterocycles. The Balaban J connectivity index is 2.89. The number of carbonyl (C=O) groups is 2. The van der Waals surface area contributed by atoms with Gasteiger partial charge in [-0.05, 0) is 36.7 Å². The molecule has 0 radical (unpaired) electrons. The average Bonchev–Trinajstić information content (AvgIpc) is 2.55. The number of halogens is 1. The van der Waals surface area contributed by atoms with Crippen molar-refractivity contribution in [2.24, 2.45) is 0 Å². The van der Waals surface area contributed by atoms with Crippen LogP contribution >= 0.6 is 15.9 Å². The van der Waals surface area contributed by atoms with Gasteiger partial charge in [0.2, 0.25) is 0 Å². The highest BCUT2D eigenvalue weighted by molar-refractivity contribution is 9.10. The molecule has 1 rings (SSSR count). The summed E-state index contributed by atoms with van der Waals surface area (Å²) < 4.78 is 2.45. The topological polar surface area (TPSA) is 76.0 Å². The van der Waals surface area contributed by atoms with Gasteiger partial charge in [-0.25, -0.2) is 4.79 Å². The van der Waals surface area contributed by atoms with Crippen LogP contribution in [-0.2, 0) is 4.79 Å². The van der Waals surface area contributed by atoms with Crippen molar-refractivity contribution in [3.8, 4) is 0 Å². The number of carbonyl (C=O) groups excluding carboxylic acids is 2. The minimum Gasteiger partial charge on any atom is -0.341 e. The van der Waals surface area contributed by atoms with Crippen molar-refractivity contribution in [1.82, 2.24) is 20.4 Å². The molecule has 94 valence electrons. The molecule has 7 heteroatoms. The molecule has 0 aliphatic carbocycles. The molecule has 3 amide bonds. The third-order valence-corrected chi connectivity index (χ3v) is 3.59. The molecule has 1 unspecified atom stereocenters. The smallest absolute Gasteiger partial charge is 0.321 e. The first-order valence-electron chi connectivity index (χ1n) is 5.12. The second-order valence-corrected chi connectivity index (χ2v) is 4.47. The lowest BCUT2D eigenvalue weighted by atomic mass is 10.3. The van der Waals surface area contributed by atoms with Gasteiger partial charge in [0, 0.05) is 7.05 Å². The van der Waals surface area contributed by atoms with Gasteiger partial charge >= 0.3 is 6.03 Å². The van der Waals surface area contributed by atoms with E-state index in [0.717, 1.165) is 15.9 Å². The molecule has 1 aromatic rings. The van der Waals surface area contributed by atoms with E-state index < -0.39 is 18.0 Å². The van der Waals surface area contributed by atoms with Crippen molar-refractivity contribution in [2.45, 2.75) is 26.8 Å². The van der Waals surface area contributed by atoms with Crippen LogP contribution in [0.3, 0.4) is 0 Å². The van der Waals surface area contributed by atoms with E-state index in [2.05, 4.69) is 31.7 Å². The van der Waals surface area contributed by atoms with Crippen molar-refractivity contribution in [3.63, 3.8) is 0 Å². The number of amides is 3. The van der Waals surface area contributed by atoms with Gasteiger partial charge in [0.25, 0.3) is 5.91 Å². The number of aromatic nitrogens is 2. The fourth-order valence-corrected chi connectivity index (χ4v) is 1.67. The molecule has 0 saturated carbocycles. The maximum absolute atomic E-state index is 11.7. The van der Waals surface area contributed by atoms with Crippen molar-refractivity contribution < 1.29 is 9.59 Å². The molecular weight excluding hydrogens is 288 g/mol. The lowest BCUT2D eigenvalue weighted by Gasteiger charge is -2.13. The van der Waals surface area contributed by atoms with Crippen LogP contribution < -0.4 is 10.6 Å². The van der Waals surface area contributed by atoms with Gasteiger partial charge in [-0.2, -0.15) is 5.10 Å². The van der Waals surface area contributed by atoms with Crippen LogP contribution in [0.4, 0.5) is 4.79 Å². The SMILES string of the molecule is CNC(=O)NC(=O)C(C)n1nc(C)c(Br)c1C. The van der Waals surface area contributed by atoms with Gasteiger partial charge in [-0.15, -0.1) is 0 Å². The molecule has 1 aromatic heterocycles. The van der Waals surface area contributed by atoms with Crippen molar-refractivity contribution in [1.29, 1.82) is 0 Å². The van der Waals surface area contributed by atoms with Crippen LogP contribution in [0.5, 0.6) is 0 Å². The number of aryl methyl sites for hydroxylation is 1. The largest absolute Gasteiger partial charge is 0.341 e. The Morgan fingerprint density at radius 2 is 2.00 bits per heavy atom. The van der Waals surface area contributed by atoms with Crippen molar-refractivity contribution in [2.75, 3.05) is 7.05 Å². The summed E-state index contributed by atoms with van der Waals surface area (Å²) in [6, 6.07) is -1.07. The first kappa shape index (κ1) is 13.7. The van der Waals surface area contributed by atoms with E-state index in [-0.39, 0.29) is 0 Å². The number of hydrogen-bond donors (Lipinski definition) is 2. The zero-order valence-corrected chi connectivity index (χ0v) is 11.8. The van der Waals surface area contributed by atoms with E-state index in [1.54, 1.807) is 11.6 Å². The minimum atomic E-state index is -0.544. The number of rotatable bonds is 2. The predicted octanol–water partition coefficient (Wildman–Crippen LogP) is 1.28. The van der Waals surface area contributed by atoms with Crippen LogP contribution in [-0.4, -0.2) is 28.8 Å². The Labute approximate surface area is 108 Å². The summed E-state index contributed by atoms with van der Waals surface area (Å²) in [4.78, 5) is 22.8. The molecule has 0 bridgehead atoms.